The summed E-state index contributed by atoms with van der Waals surface area (Å²) in [6, 6.07) is 17.1. The molecule has 1 aromatic heterocycles. The number of para-hydroxylation sites is 1. The van der Waals surface area contributed by atoms with Gasteiger partial charge in [-0.05, 0) is 62.9 Å². The highest BCUT2D eigenvalue weighted by Gasteiger charge is 2.43. The van der Waals surface area contributed by atoms with Crippen LogP contribution in [0, 0.1) is 24.2 Å². The number of hydrogen-bond acceptors (Lipinski definition) is 5. The Hall–Kier alpha value is -3.66. The fraction of sp³-hybridized carbons (Fsp3) is 0.304. The first kappa shape index (κ1) is 19.6. The van der Waals surface area contributed by atoms with Gasteiger partial charge in [0.15, 0.2) is 6.61 Å². The Kier molecular flexibility index (Phi) is 5.00. The van der Waals surface area contributed by atoms with Crippen molar-refractivity contribution in [2.75, 3.05) is 6.61 Å². The Morgan fingerprint density at radius 3 is 2.67 bits per heavy atom. The Morgan fingerprint density at radius 1 is 1.27 bits per heavy atom. The summed E-state index contributed by atoms with van der Waals surface area (Å²) >= 11 is 0. The molecule has 1 fully saturated rings. The molecule has 0 spiro atoms. The third kappa shape index (κ3) is 3.77. The third-order valence-electron chi connectivity index (χ3n) is 5.43. The molecule has 0 aliphatic heterocycles. The zero-order valence-electron chi connectivity index (χ0n) is 16.9. The molecule has 7 heteroatoms. The lowest BCUT2D eigenvalue weighted by molar-refractivity contribution is -0.125. The molecule has 1 aliphatic rings. The van der Waals surface area contributed by atoms with Gasteiger partial charge in [-0.1, -0.05) is 18.2 Å². The van der Waals surface area contributed by atoms with E-state index < -0.39 is 24.0 Å². The van der Waals surface area contributed by atoms with Gasteiger partial charge in [-0.25, -0.2) is 9.78 Å². The monoisotopic (exact) mass is 402 g/mol. The molecule has 2 aromatic carbocycles. The van der Waals surface area contributed by atoms with Crippen LogP contribution in [-0.4, -0.2) is 33.6 Å². The number of rotatable bonds is 6. The molecule has 0 bridgehead atoms. The van der Waals surface area contributed by atoms with Crippen molar-refractivity contribution in [1.82, 2.24) is 14.9 Å². The average molecular weight is 402 g/mol. The van der Waals surface area contributed by atoms with E-state index in [4.69, 9.17) is 4.74 Å². The summed E-state index contributed by atoms with van der Waals surface area (Å²) in [6.45, 7) is 3.17. The maximum Gasteiger partial charge on any atom is 0.338 e. The number of nitrogens with zero attached hydrogens (tertiary/aromatic N) is 3. The van der Waals surface area contributed by atoms with Crippen LogP contribution in [0.3, 0.4) is 0 Å². The van der Waals surface area contributed by atoms with Crippen molar-refractivity contribution in [2.24, 2.45) is 5.92 Å². The van der Waals surface area contributed by atoms with Crippen molar-refractivity contribution in [3.63, 3.8) is 0 Å². The molecule has 4 rings (SSSR count). The molecular weight excluding hydrogens is 380 g/mol. The number of carbonyl (C=O) groups excluding carboxylic acids is 2. The second kappa shape index (κ2) is 7.64. The van der Waals surface area contributed by atoms with Crippen molar-refractivity contribution in [3.8, 4) is 11.8 Å². The van der Waals surface area contributed by atoms with Crippen molar-refractivity contribution >= 4 is 22.9 Å². The first-order chi connectivity index (χ1) is 14.4. The highest BCUT2D eigenvalue weighted by atomic mass is 16.5. The van der Waals surface area contributed by atoms with Gasteiger partial charge in [0.25, 0.3) is 5.91 Å². The highest BCUT2D eigenvalue weighted by Crippen LogP contribution is 2.39. The maximum atomic E-state index is 12.4. The normalized spacial score (nSPS) is 15.2. The Labute approximate surface area is 174 Å². The van der Waals surface area contributed by atoms with Crippen LogP contribution in [0.5, 0.6) is 0 Å². The number of amides is 1. The molecule has 1 N–H and O–H groups in total. The maximum absolute atomic E-state index is 12.4. The number of hydrogen-bond donors (Lipinski definition) is 1. The van der Waals surface area contributed by atoms with Crippen LogP contribution < -0.4 is 5.32 Å². The van der Waals surface area contributed by atoms with Crippen LogP contribution in [0.4, 0.5) is 0 Å². The number of carbonyl (C=O) groups is 2. The SMILES string of the molecule is Cc1nc2cc(C(=O)OCC(=O)N[C@@](C)(C#N)C3CC3)ccc2n1-c1ccccc1. The number of aromatic nitrogens is 2. The topological polar surface area (TPSA) is 97.0 Å². The third-order valence-corrected chi connectivity index (χ3v) is 5.43. The smallest absolute Gasteiger partial charge is 0.338 e. The largest absolute Gasteiger partial charge is 0.452 e. The number of esters is 1. The van der Waals surface area contributed by atoms with Gasteiger partial charge in [0.2, 0.25) is 0 Å². The summed E-state index contributed by atoms with van der Waals surface area (Å²) < 4.78 is 7.17. The van der Waals surface area contributed by atoms with Crippen molar-refractivity contribution in [2.45, 2.75) is 32.2 Å². The van der Waals surface area contributed by atoms with E-state index in [1.807, 2.05) is 47.9 Å². The van der Waals surface area contributed by atoms with Crippen LogP contribution >= 0.6 is 0 Å². The molecule has 0 saturated heterocycles. The predicted molar refractivity (Wildman–Crippen MR) is 111 cm³/mol. The van der Waals surface area contributed by atoms with Crippen LogP contribution in [0.1, 0.15) is 35.9 Å². The van der Waals surface area contributed by atoms with Crippen molar-refractivity contribution in [1.29, 1.82) is 5.26 Å². The van der Waals surface area contributed by atoms with Gasteiger partial charge >= 0.3 is 5.97 Å². The first-order valence-corrected chi connectivity index (χ1v) is 9.85. The zero-order chi connectivity index (χ0) is 21.3. The number of aryl methyl sites for hydroxylation is 1. The summed E-state index contributed by atoms with van der Waals surface area (Å²) in [5, 5.41) is 12.0. The number of fused-ring (bicyclic) bond motifs is 1. The highest BCUT2D eigenvalue weighted by molar-refractivity contribution is 5.95. The second-order valence-electron chi connectivity index (χ2n) is 7.75. The molecule has 1 amide bonds. The lowest BCUT2D eigenvalue weighted by atomic mass is 9.98. The summed E-state index contributed by atoms with van der Waals surface area (Å²) in [6.07, 6.45) is 1.83. The summed E-state index contributed by atoms with van der Waals surface area (Å²) in [5.41, 5.74) is 1.94. The van der Waals surface area contributed by atoms with E-state index in [9.17, 15) is 14.9 Å². The molecule has 1 saturated carbocycles. The summed E-state index contributed by atoms with van der Waals surface area (Å²) in [4.78, 5) is 29.1. The van der Waals surface area contributed by atoms with E-state index in [1.54, 1.807) is 19.1 Å². The van der Waals surface area contributed by atoms with Crippen LogP contribution in [-0.2, 0) is 9.53 Å². The summed E-state index contributed by atoms with van der Waals surface area (Å²) in [7, 11) is 0. The zero-order valence-corrected chi connectivity index (χ0v) is 16.9. The molecule has 1 atom stereocenters. The predicted octanol–water partition coefficient (Wildman–Crippen LogP) is 3.30. The second-order valence-corrected chi connectivity index (χ2v) is 7.75. The van der Waals surface area contributed by atoms with Crippen molar-refractivity contribution in [3.05, 3.63) is 59.9 Å². The average Bonchev–Trinajstić information content (AvgIpc) is 3.55. The Bertz CT molecular complexity index is 1160. The minimum absolute atomic E-state index is 0.160. The van der Waals surface area contributed by atoms with E-state index in [0.29, 0.717) is 11.1 Å². The van der Waals surface area contributed by atoms with Crippen LogP contribution in [0.15, 0.2) is 48.5 Å². The lowest BCUT2D eigenvalue weighted by Gasteiger charge is -2.22. The number of imidazole rings is 1. The standard InChI is InChI=1S/C23H22N4O3/c1-15-25-19-12-16(8-11-20(19)27(15)18-6-4-3-5-7-18)22(29)30-13-21(28)26-23(2,14-24)17-9-10-17/h3-8,11-12,17H,9-10,13H2,1-2H3,(H,26,28)/t23-/m0/s1. The molecular formula is C23H22N4O3. The molecule has 30 heavy (non-hydrogen) atoms. The molecule has 0 radical (unpaired) electrons. The van der Waals surface area contributed by atoms with E-state index >= 15 is 0 Å². The van der Waals surface area contributed by atoms with Gasteiger partial charge in [-0.2, -0.15) is 5.26 Å². The molecule has 0 unspecified atom stereocenters. The number of ether oxygens (including phenoxy) is 1. The molecule has 152 valence electrons. The van der Waals surface area contributed by atoms with Crippen molar-refractivity contribution < 1.29 is 14.3 Å². The molecule has 1 aliphatic carbocycles. The lowest BCUT2D eigenvalue weighted by Crippen LogP contribution is -2.48. The molecule has 3 aromatic rings. The number of benzene rings is 2. The van der Waals surface area contributed by atoms with Gasteiger partial charge in [0, 0.05) is 5.69 Å². The Morgan fingerprint density at radius 2 is 2.00 bits per heavy atom. The summed E-state index contributed by atoms with van der Waals surface area (Å²) in [5.74, 6) is -0.127. The van der Waals surface area contributed by atoms with Gasteiger partial charge in [0.05, 0.1) is 22.7 Å². The van der Waals surface area contributed by atoms with Crippen LogP contribution in [0.25, 0.3) is 16.7 Å². The van der Waals surface area contributed by atoms with Gasteiger partial charge in [0.1, 0.15) is 11.4 Å². The molecule has 1 heterocycles. The quantitative estimate of drug-likeness (QED) is 0.638. The van der Waals surface area contributed by atoms with E-state index in [0.717, 1.165) is 29.9 Å². The number of nitriles is 1. The van der Waals surface area contributed by atoms with E-state index in [1.165, 1.54) is 0 Å². The first-order valence-electron chi connectivity index (χ1n) is 9.85. The number of nitrogens with one attached hydrogen (secondary N) is 1. The van der Waals surface area contributed by atoms with Gasteiger partial charge in [-0.3, -0.25) is 9.36 Å². The van der Waals surface area contributed by atoms with E-state index in [2.05, 4.69) is 16.4 Å². The van der Waals surface area contributed by atoms with Gasteiger partial charge < -0.3 is 10.1 Å². The van der Waals surface area contributed by atoms with E-state index in [-0.39, 0.29) is 5.92 Å². The fourth-order valence-corrected chi connectivity index (χ4v) is 3.65. The van der Waals surface area contributed by atoms with Gasteiger partial charge in [-0.15, -0.1) is 0 Å². The van der Waals surface area contributed by atoms with Crippen LogP contribution in [0.2, 0.25) is 0 Å². The molecule has 7 nitrogen and oxygen atoms in total. The minimum atomic E-state index is -0.913. The fourth-order valence-electron chi connectivity index (χ4n) is 3.65. The minimum Gasteiger partial charge on any atom is -0.452 e. The Balaban J connectivity index is 1.46.